The van der Waals surface area contributed by atoms with E-state index < -0.39 is 76.4 Å². The van der Waals surface area contributed by atoms with Gasteiger partial charge < -0.3 is 40.0 Å². The number of nitrogen functional groups attached to an aromatic ring is 1. The number of aromatic nitrogens is 2. The first-order valence-electron chi connectivity index (χ1n) is 12.3. The standard InChI is InChI=1S/C21H32FN6O10P/c1-4-33-20(31)11(5-10(2)3)27-39(32)36-6-12-16(35-9-34-13(29)7-37-39)15(30)19(38-12)28-8-24-14-17(23)25-21(22)26-18(14)28/h10-12,15-16,19,24,30H,4-9H2,1-3H3,(H,27,32)(H2,23,25,26). The number of nitrogens with one attached hydrogen (secondary N) is 2. The van der Waals surface area contributed by atoms with Gasteiger partial charge in [-0.25, -0.2) is 14.4 Å². The lowest BCUT2D eigenvalue weighted by molar-refractivity contribution is -0.169. The molecule has 0 aliphatic carbocycles. The van der Waals surface area contributed by atoms with E-state index in [1.54, 1.807) is 6.92 Å². The van der Waals surface area contributed by atoms with E-state index in [2.05, 4.69) is 20.4 Å². The summed E-state index contributed by atoms with van der Waals surface area (Å²) in [6.07, 6.45) is -5.58. The zero-order chi connectivity index (χ0) is 28.3. The molecular weight excluding hydrogens is 546 g/mol. The third-order valence-electron chi connectivity index (χ3n) is 6.04. The van der Waals surface area contributed by atoms with E-state index in [1.807, 2.05) is 13.8 Å². The normalized spacial score (nSPS) is 30.1. The molecule has 3 aliphatic heterocycles. The van der Waals surface area contributed by atoms with Crippen LogP contribution in [0.25, 0.3) is 0 Å². The Morgan fingerprint density at radius 1 is 1.38 bits per heavy atom. The number of carbonyl (C=O) groups excluding carboxylic acids is 2. The first kappa shape index (κ1) is 29.3. The Kier molecular flexibility index (Phi) is 9.21. The van der Waals surface area contributed by atoms with Crippen LogP contribution in [0.1, 0.15) is 27.2 Å². The van der Waals surface area contributed by atoms with Crippen molar-refractivity contribution in [1.82, 2.24) is 15.1 Å². The highest BCUT2D eigenvalue weighted by Gasteiger charge is 2.50. The number of esters is 2. The van der Waals surface area contributed by atoms with E-state index in [4.69, 9.17) is 33.7 Å². The molecule has 39 heavy (non-hydrogen) atoms. The van der Waals surface area contributed by atoms with E-state index in [-0.39, 0.29) is 42.9 Å². The number of cyclic esters (lactones) is 1. The third kappa shape index (κ3) is 6.74. The van der Waals surface area contributed by atoms with Gasteiger partial charge in [0.15, 0.2) is 31.3 Å². The molecule has 0 radical (unpaired) electrons. The molecule has 3 aliphatic rings. The number of fused-ring (bicyclic) bond motifs is 2. The molecule has 4 heterocycles. The fourth-order valence-corrected chi connectivity index (χ4v) is 5.76. The van der Waals surface area contributed by atoms with Gasteiger partial charge in [-0.15, -0.1) is 0 Å². The van der Waals surface area contributed by atoms with Crippen LogP contribution in [-0.2, 0) is 42.1 Å². The Morgan fingerprint density at radius 2 is 2.15 bits per heavy atom. The predicted octanol–water partition coefficient (Wildman–Crippen LogP) is 0.0813. The molecule has 18 heteroatoms. The van der Waals surface area contributed by atoms with Crippen molar-refractivity contribution in [2.45, 2.75) is 57.8 Å². The maximum Gasteiger partial charge on any atom is 0.406 e. The van der Waals surface area contributed by atoms with Crippen molar-refractivity contribution in [2.75, 3.05) is 49.2 Å². The van der Waals surface area contributed by atoms with Crippen LogP contribution in [0, 0.1) is 12.0 Å². The van der Waals surface area contributed by atoms with Gasteiger partial charge in [0.05, 0.1) is 19.9 Å². The van der Waals surface area contributed by atoms with Crippen molar-refractivity contribution in [3.8, 4) is 0 Å². The van der Waals surface area contributed by atoms with Crippen LogP contribution < -0.4 is 21.0 Å². The molecule has 4 rings (SSSR count). The van der Waals surface area contributed by atoms with Crippen LogP contribution in [0.15, 0.2) is 0 Å². The first-order valence-corrected chi connectivity index (χ1v) is 13.8. The zero-order valence-electron chi connectivity index (χ0n) is 21.6. The van der Waals surface area contributed by atoms with Crippen LogP contribution in [0.3, 0.4) is 0 Å². The molecule has 6 unspecified atom stereocenters. The summed E-state index contributed by atoms with van der Waals surface area (Å²) in [6.45, 7) is 3.66. The van der Waals surface area contributed by atoms with Gasteiger partial charge in [-0.1, -0.05) is 13.8 Å². The molecule has 0 bridgehead atoms. The Morgan fingerprint density at radius 3 is 2.87 bits per heavy atom. The Hall–Kier alpha value is -2.66. The molecule has 0 saturated carbocycles. The lowest BCUT2D eigenvalue weighted by Crippen LogP contribution is -2.45. The fraction of sp³-hybridized carbons (Fsp3) is 0.714. The number of anilines is 3. The molecule has 16 nitrogen and oxygen atoms in total. The summed E-state index contributed by atoms with van der Waals surface area (Å²) in [5, 5.41) is 16.5. The number of nitrogens with zero attached hydrogens (tertiary/aromatic N) is 3. The average Bonchev–Trinajstić information content (AvgIpc) is 3.41. The molecule has 1 aromatic rings. The molecule has 0 aromatic carbocycles. The van der Waals surface area contributed by atoms with Crippen LogP contribution >= 0.6 is 7.75 Å². The third-order valence-corrected chi connectivity index (χ3v) is 7.63. The Labute approximate surface area is 223 Å². The van der Waals surface area contributed by atoms with E-state index in [0.717, 1.165) is 0 Å². The topological polar surface area (TPSA) is 206 Å². The molecule has 1 aromatic heterocycles. The Balaban J connectivity index is 1.55. The smallest absolute Gasteiger partial charge is 0.406 e. The number of carbonyl (C=O) groups is 2. The van der Waals surface area contributed by atoms with Crippen molar-refractivity contribution >= 4 is 37.0 Å². The van der Waals surface area contributed by atoms with Crippen LogP contribution in [-0.4, -0.2) is 90.9 Å². The van der Waals surface area contributed by atoms with Crippen LogP contribution in [0.5, 0.6) is 0 Å². The molecule has 0 spiro atoms. The monoisotopic (exact) mass is 578 g/mol. The summed E-state index contributed by atoms with van der Waals surface area (Å²) in [5.74, 6) is -1.68. The molecule has 2 saturated heterocycles. The largest absolute Gasteiger partial charge is 0.465 e. The highest BCUT2D eigenvalue weighted by molar-refractivity contribution is 7.51. The number of nitrogens with two attached hydrogens (primary N) is 1. The van der Waals surface area contributed by atoms with E-state index >= 15 is 0 Å². The molecule has 5 N–H and O–H groups in total. The first-order chi connectivity index (χ1) is 18.5. The maximum atomic E-state index is 13.9. The van der Waals surface area contributed by atoms with Gasteiger partial charge in [-0.3, -0.25) is 13.8 Å². The summed E-state index contributed by atoms with van der Waals surface area (Å²) in [6, 6.07) is -1.07. The van der Waals surface area contributed by atoms with E-state index in [9.17, 15) is 23.7 Å². The number of ether oxygens (including phenoxy) is 4. The van der Waals surface area contributed by atoms with Crippen LogP contribution in [0.4, 0.5) is 21.7 Å². The van der Waals surface area contributed by atoms with Gasteiger partial charge in [0.2, 0.25) is 0 Å². The van der Waals surface area contributed by atoms with E-state index in [1.165, 1.54) is 4.90 Å². The summed E-state index contributed by atoms with van der Waals surface area (Å²) in [4.78, 5) is 33.3. The number of aliphatic hydroxyl groups is 1. The summed E-state index contributed by atoms with van der Waals surface area (Å²) >= 11 is 0. The van der Waals surface area contributed by atoms with Crippen molar-refractivity contribution in [2.24, 2.45) is 5.92 Å². The van der Waals surface area contributed by atoms with Crippen molar-refractivity contribution in [1.29, 1.82) is 0 Å². The summed E-state index contributed by atoms with van der Waals surface area (Å²) in [7, 11) is -4.34. The van der Waals surface area contributed by atoms with Gasteiger partial charge in [-0.05, 0) is 19.3 Å². The minimum Gasteiger partial charge on any atom is -0.465 e. The molecular formula is C21H32FN6O10P. The van der Waals surface area contributed by atoms with Crippen LogP contribution in [0.2, 0.25) is 0 Å². The second-order valence-electron chi connectivity index (χ2n) is 9.33. The molecule has 6 atom stereocenters. The van der Waals surface area contributed by atoms with Gasteiger partial charge in [0, 0.05) is 0 Å². The van der Waals surface area contributed by atoms with E-state index in [0.29, 0.717) is 0 Å². The van der Waals surface area contributed by atoms with Gasteiger partial charge in [-0.2, -0.15) is 14.4 Å². The number of rotatable bonds is 7. The van der Waals surface area contributed by atoms with Crippen molar-refractivity contribution in [3.63, 3.8) is 0 Å². The number of hydrogen-bond acceptors (Lipinski definition) is 15. The second-order valence-corrected chi connectivity index (χ2v) is 11.1. The predicted molar refractivity (Wildman–Crippen MR) is 130 cm³/mol. The van der Waals surface area contributed by atoms with Crippen molar-refractivity contribution < 1.29 is 51.6 Å². The van der Waals surface area contributed by atoms with Gasteiger partial charge in [0.25, 0.3) is 0 Å². The molecule has 2 fully saturated rings. The molecule has 0 amide bonds. The Bertz CT molecular complexity index is 1120. The van der Waals surface area contributed by atoms with Gasteiger partial charge >= 0.3 is 25.8 Å². The number of hydrogen-bond donors (Lipinski definition) is 4. The lowest BCUT2D eigenvalue weighted by Gasteiger charge is -2.27. The SMILES string of the molecule is CCOC(=O)C(CC(C)C)NP1(=O)OCC(=O)OCOC2C(CO1)OC(N1CNc3c(N)nc(F)nc31)C2O. The minimum absolute atomic E-state index is 0.00103. The lowest BCUT2D eigenvalue weighted by atomic mass is 10.1. The summed E-state index contributed by atoms with van der Waals surface area (Å²) in [5.41, 5.74) is 6.02. The fourth-order valence-electron chi connectivity index (χ4n) is 4.33. The number of aliphatic hydroxyl groups excluding tert-OH is 1. The quantitative estimate of drug-likeness (QED) is 0.192. The summed E-state index contributed by atoms with van der Waals surface area (Å²) < 4.78 is 60.0. The second kappa shape index (κ2) is 12.2. The van der Waals surface area contributed by atoms with Gasteiger partial charge in [0.1, 0.15) is 30.0 Å². The van der Waals surface area contributed by atoms with Crippen molar-refractivity contribution in [3.05, 3.63) is 6.08 Å². The average molecular weight is 578 g/mol. The highest BCUT2D eigenvalue weighted by atomic mass is 31.2. The highest BCUT2D eigenvalue weighted by Crippen LogP contribution is 2.46. The maximum absolute atomic E-state index is 13.9. The zero-order valence-corrected chi connectivity index (χ0v) is 22.5. The molecule has 218 valence electrons. The minimum atomic E-state index is -4.34. The number of halogens is 1.